The fraction of sp³-hybridized carbons (Fsp3) is 0.417. The van der Waals surface area contributed by atoms with Gasteiger partial charge in [-0.25, -0.2) is 4.39 Å². The number of phenolic OH excluding ortho intramolecular Hbond substituents is 1. The summed E-state index contributed by atoms with van der Waals surface area (Å²) >= 11 is 0. The van der Waals surface area contributed by atoms with E-state index in [0.29, 0.717) is 31.5 Å². The van der Waals surface area contributed by atoms with Gasteiger partial charge in [0.25, 0.3) is 11.6 Å². The topological polar surface area (TPSA) is 104 Å². The Balaban J connectivity index is 2.43. The fourth-order valence-electron chi connectivity index (χ4n) is 2.32. The maximum Gasteiger partial charge on any atom is 0.286 e. The van der Waals surface area contributed by atoms with Gasteiger partial charge in [0.1, 0.15) is 5.56 Å². The lowest BCUT2D eigenvalue weighted by Gasteiger charge is -2.22. The quantitative estimate of drug-likeness (QED) is 0.637. The molecule has 8 heteroatoms. The van der Waals surface area contributed by atoms with Crippen LogP contribution in [0.25, 0.3) is 0 Å². The second-order valence-electron chi connectivity index (χ2n) is 4.56. The summed E-state index contributed by atoms with van der Waals surface area (Å²) in [6, 6.07) is 0.855. The van der Waals surface area contributed by atoms with Crippen molar-refractivity contribution in [3.05, 3.63) is 33.6 Å². The van der Waals surface area contributed by atoms with Crippen LogP contribution in [0.2, 0.25) is 0 Å². The van der Waals surface area contributed by atoms with Crippen molar-refractivity contribution in [2.75, 3.05) is 13.2 Å². The molecule has 1 aliphatic heterocycles. The number of likely N-dealkylation sites (tertiary alicyclic amines) is 1. The molecule has 7 nitrogen and oxygen atoms in total. The van der Waals surface area contributed by atoms with E-state index < -0.39 is 39.7 Å². The number of benzene rings is 1. The summed E-state index contributed by atoms with van der Waals surface area (Å²) in [5.74, 6) is -2.70. The number of carbonyl (C=O) groups is 1. The number of aliphatic hydroxyl groups is 1. The molecule has 1 fully saturated rings. The van der Waals surface area contributed by atoms with Crippen LogP contribution in [-0.4, -0.2) is 45.1 Å². The van der Waals surface area contributed by atoms with E-state index in [1.807, 2.05) is 0 Å². The van der Waals surface area contributed by atoms with Gasteiger partial charge in [-0.3, -0.25) is 14.9 Å². The zero-order valence-electron chi connectivity index (χ0n) is 10.5. The van der Waals surface area contributed by atoms with Gasteiger partial charge in [-0.2, -0.15) is 0 Å². The van der Waals surface area contributed by atoms with Crippen LogP contribution in [0.5, 0.6) is 5.75 Å². The largest absolute Gasteiger partial charge is 0.505 e. The Morgan fingerprint density at radius 1 is 1.55 bits per heavy atom. The standard InChI is InChI=1S/C12H13FN2O5/c13-9-4-8(10(15(19)20)5-11(9)17)12(18)14-3-1-2-7(14)6-16/h4-5,7,16-17H,1-3,6H2. The molecule has 1 aliphatic rings. The molecule has 1 heterocycles. The van der Waals surface area contributed by atoms with E-state index in [9.17, 15) is 24.4 Å². The van der Waals surface area contributed by atoms with Crippen molar-refractivity contribution in [1.82, 2.24) is 4.90 Å². The molecule has 0 saturated carbocycles. The summed E-state index contributed by atoms with van der Waals surface area (Å²) < 4.78 is 13.4. The summed E-state index contributed by atoms with van der Waals surface area (Å²) in [5.41, 5.74) is -1.08. The predicted molar refractivity (Wildman–Crippen MR) is 65.9 cm³/mol. The SMILES string of the molecule is O=C(c1cc(F)c(O)cc1[N+](=O)[O-])N1CCCC1CO. The van der Waals surface area contributed by atoms with Crippen molar-refractivity contribution in [2.24, 2.45) is 0 Å². The molecule has 1 amide bonds. The Kier molecular flexibility index (Phi) is 3.84. The van der Waals surface area contributed by atoms with E-state index in [4.69, 9.17) is 5.11 Å². The van der Waals surface area contributed by atoms with Crippen LogP contribution in [-0.2, 0) is 0 Å². The van der Waals surface area contributed by atoms with Gasteiger partial charge < -0.3 is 15.1 Å². The van der Waals surface area contributed by atoms with E-state index in [-0.39, 0.29) is 6.61 Å². The molecule has 0 radical (unpaired) electrons. The van der Waals surface area contributed by atoms with Gasteiger partial charge in [0.2, 0.25) is 0 Å². The molecule has 1 saturated heterocycles. The van der Waals surface area contributed by atoms with Crippen LogP contribution < -0.4 is 0 Å². The molecule has 0 spiro atoms. The maximum atomic E-state index is 13.4. The highest BCUT2D eigenvalue weighted by atomic mass is 19.1. The number of phenols is 1. The molecule has 1 atom stereocenters. The molecular formula is C12H13FN2O5. The van der Waals surface area contributed by atoms with Crippen molar-refractivity contribution < 1.29 is 24.3 Å². The summed E-state index contributed by atoms with van der Waals surface area (Å²) in [4.78, 5) is 23.6. The van der Waals surface area contributed by atoms with Gasteiger partial charge >= 0.3 is 0 Å². The molecule has 0 bridgehead atoms. The van der Waals surface area contributed by atoms with Gasteiger partial charge in [0, 0.05) is 6.54 Å². The highest BCUT2D eigenvalue weighted by Gasteiger charge is 2.33. The smallest absolute Gasteiger partial charge is 0.286 e. The number of nitrogens with zero attached hydrogens (tertiary/aromatic N) is 2. The van der Waals surface area contributed by atoms with Crippen LogP contribution in [0.4, 0.5) is 10.1 Å². The third-order valence-electron chi connectivity index (χ3n) is 3.34. The van der Waals surface area contributed by atoms with Gasteiger partial charge in [-0.05, 0) is 18.9 Å². The number of aromatic hydroxyl groups is 1. The Bertz CT molecular complexity index is 563. The lowest BCUT2D eigenvalue weighted by Crippen LogP contribution is -2.37. The van der Waals surface area contributed by atoms with Gasteiger partial charge in [-0.15, -0.1) is 0 Å². The Morgan fingerprint density at radius 3 is 2.85 bits per heavy atom. The number of nitro benzene ring substituents is 1. The van der Waals surface area contributed by atoms with Gasteiger partial charge in [0.05, 0.1) is 23.6 Å². The lowest BCUT2D eigenvalue weighted by atomic mass is 10.1. The minimum absolute atomic E-state index is 0.250. The molecule has 0 aliphatic carbocycles. The molecule has 2 N–H and O–H groups in total. The fourth-order valence-corrected chi connectivity index (χ4v) is 2.32. The summed E-state index contributed by atoms with van der Waals surface area (Å²) in [6.45, 7) is 0.101. The Morgan fingerprint density at radius 2 is 2.25 bits per heavy atom. The molecular weight excluding hydrogens is 271 g/mol. The van der Waals surface area contributed by atoms with E-state index >= 15 is 0 Å². The van der Waals surface area contributed by atoms with Crippen LogP contribution in [0.3, 0.4) is 0 Å². The second-order valence-corrected chi connectivity index (χ2v) is 4.56. The maximum absolute atomic E-state index is 13.4. The monoisotopic (exact) mass is 284 g/mol. The second kappa shape index (κ2) is 5.41. The highest BCUT2D eigenvalue weighted by molar-refractivity contribution is 5.98. The average molecular weight is 284 g/mol. The molecule has 0 aromatic heterocycles. The molecule has 108 valence electrons. The third-order valence-corrected chi connectivity index (χ3v) is 3.34. The molecule has 1 aromatic carbocycles. The normalized spacial score (nSPS) is 18.3. The molecule has 1 unspecified atom stereocenters. The molecule has 1 aromatic rings. The zero-order valence-corrected chi connectivity index (χ0v) is 10.5. The van der Waals surface area contributed by atoms with E-state index in [0.717, 1.165) is 0 Å². The van der Waals surface area contributed by atoms with Crippen molar-refractivity contribution >= 4 is 11.6 Å². The van der Waals surface area contributed by atoms with Crippen molar-refractivity contribution in [3.63, 3.8) is 0 Å². The molecule has 20 heavy (non-hydrogen) atoms. The third kappa shape index (κ3) is 2.42. The summed E-state index contributed by atoms with van der Waals surface area (Å²) in [5, 5.41) is 29.2. The summed E-state index contributed by atoms with van der Waals surface area (Å²) in [6.07, 6.45) is 1.27. The lowest BCUT2D eigenvalue weighted by molar-refractivity contribution is -0.385. The first kappa shape index (κ1) is 14.2. The number of amides is 1. The number of aliphatic hydroxyl groups excluding tert-OH is 1. The van der Waals surface area contributed by atoms with Crippen molar-refractivity contribution in [3.8, 4) is 5.75 Å². The van der Waals surface area contributed by atoms with Gasteiger partial charge in [-0.1, -0.05) is 0 Å². The molecule has 2 rings (SSSR count). The first-order valence-electron chi connectivity index (χ1n) is 6.04. The zero-order chi connectivity index (χ0) is 14.9. The average Bonchev–Trinajstić information content (AvgIpc) is 2.88. The van der Waals surface area contributed by atoms with Gasteiger partial charge in [0.15, 0.2) is 11.6 Å². The highest BCUT2D eigenvalue weighted by Crippen LogP contribution is 2.30. The minimum atomic E-state index is -1.10. The van der Waals surface area contributed by atoms with E-state index in [2.05, 4.69) is 0 Å². The number of carbonyl (C=O) groups excluding carboxylic acids is 1. The van der Waals surface area contributed by atoms with Crippen LogP contribution in [0.15, 0.2) is 12.1 Å². The Hall–Kier alpha value is -2.22. The summed E-state index contributed by atoms with van der Waals surface area (Å²) in [7, 11) is 0. The first-order chi connectivity index (χ1) is 9.45. The van der Waals surface area contributed by atoms with Crippen LogP contribution >= 0.6 is 0 Å². The number of nitro groups is 1. The number of hydrogen-bond acceptors (Lipinski definition) is 5. The predicted octanol–water partition coefficient (Wildman–Crippen LogP) is 1.04. The first-order valence-corrected chi connectivity index (χ1v) is 6.04. The van der Waals surface area contributed by atoms with Crippen molar-refractivity contribution in [1.29, 1.82) is 0 Å². The Labute approximate surface area is 113 Å². The van der Waals surface area contributed by atoms with E-state index in [1.165, 1.54) is 4.90 Å². The van der Waals surface area contributed by atoms with Crippen LogP contribution in [0, 0.1) is 15.9 Å². The number of hydrogen-bond donors (Lipinski definition) is 2. The number of halogens is 1. The minimum Gasteiger partial charge on any atom is -0.505 e. The van der Waals surface area contributed by atoms with Crippen molar-refractivity contribution in [2.45, 2.75) is 18.9 Å². The number of rotatable bonds is 3. The van der Waals surface area contributed by atoms with E-state index in [1.54, 1.807) is 0 Å². The van der Waals surface area contributed by atoms with Crippen LogP contribution in [0.1, 0.15) is 23.2 Å².